The number of benzene rings is 6. The van der Waals surface area contributed by atoms with E-state index in [2.05, 4.69) is 32.4 Å². The van der Waals surface area contributed by atoms with Gasteiger partial charge in [-0.05, 0) is 71.4 Å². The largest absolute Gasteiger partial charge is 1.00 e. The number of phenols is 4. The van der Waals surface area contributed by atoms with Gasteiger partial charge >= 0.3 is 31.0 Å². The number of nitrogens with zero attached hydrogens (tertiary/aromatic N) is 4. The van der Waals surface area contributed by atoms with Gasteiger partial charge in [0.1, 0.15) is 44.9 Å². The van der Waals surface area contributed by atoms with E-state index >= 15 is 0 Å². The van der Waals surface area contributed by atoms with E-state index in [1.807, 2.05) is 30.3 Å². The third-order valence-electron chi connectivity index (χ3n) is 7.00. The molecule has 0 aliphatic rings. The van der Waals surface area contributed by atoms with E-state index in [0.29, 0.717) is 17.1 Å². The van der Waals surface area contributed by atoms with Crippen LogP contribution in [0.3, 0.4) is 0 Å². The number of azo groups is 2. The van der Waals surface area contributed by atoms with Gasteiger partial charge in [0.05, 0.1) is 0 Å². The smallest absolute Gasteiger partial charge is 0.506 e. The van der Waals surface area contributed by atoms with Crippen molar-refractivity contribution in [1.29, 1.82) is 0 Å². The molecule has 52 heavy (non-hydrogen) atoms. The van der Waals surface area contributed by atoms with Crippen LogP contribution in [-0.4, -0.2) is 39.3 Å². The fourth-order valence-corrected chi connectivity index (χ4v) is 5.41. The molecule has 0 heterocycles. The summed E-state index contributed by atoms with van der Waals surface area (Å²) in [4.78, 5) is 10.8. The molecule has 0 unspecified atom stereocenters. The standard InChI is InChI=1S/C19H14ClN3O6S.C16H12N2O2.Cr.Na/c1-2-17(25)21-12-5-3-10-7-16(30(27,28)29)18(19(26)13(10)9-12)23-22-14-8-11(20)4-6-15(14)24;19-14-8-4-3-7-13(14)17-18-16-12-6-2-1-5-11(12)9-10-15(16)20;;/h2-9,24,26H,1H2,(H,21,25)(H,27,28,29);1-10,19-20H;;/q;;;+1/p+1. The van der Waals surface area contributed by atoms with E-state index in [9.17, 15) is 38.2 Å². The molecule has 1 amide bonds. The molecule has 17 heteroatoms. The number of anilines is 1. The normalized spacial score (nSPS) is 11.0. The summed E-state index contributed by atoms with van der Waals surface area (Å²) in [7, 11) is -4.79. The molecule has 0 fully saturated rings. The van der Waals surface area contributed by atoms with Crippen molar-refractivity contribution in [2.45, 2.75) is 4.90 Å². The van der Waals surface area contributed by atoms with Crippen molar-refractivity contribution in [3.8, 4) is 23.0 Å². The van der Waals surface area contributed by atoms with Gasteiger partial charge < -0.3 is 25.7 Å². The molecule has 13 nitrogen and oxygen atoms in total. The van der Waals surface area contributed by atoms with Gasteiger partial charge in [-0.2, -0.15) is 8.42 Å². The molecule has 0 aromatic heterocycles. The average molecular weight is 788 g/mol. The molecule has 0 saturated heterocycles. The Morgan fingerprint density at radius 1 is 0.712 bits per heavy atom. The van der Waals surface area contributed by atoms with E-state index < -0.39 is 32.4 Å². The van der Waals surface area contributed by atoms with Crippen molar-refractivity contribution in [3.05, 3.63) is 121 Å². The van der Waals surface area contributed by atoms with E-state index in [0.717, 1.165) is 22.9 Å². The fraction of sp³-hybridized carbons (Fsp3) is 0. The number of halogens is 1. The van der Waals surface area contributed by atoms with Crippen molar-refractivity contribution in [2.75, 3.05) is 5.32 Å². The number of rotatable bonds is 7. The molecule has 0 spiro atoms. The Morgan fingerprint density at radius 2 is 1.33 bits per heavy atom. The van der Waals surface area contributed by atoms with Crippen molar-refractivity contribution in [1.82, 2.24) is 0 Å². The Bertz CT molecular complexity index is 2470. The summed E-state index contributed by atoms with van der Waals surface area (Å²) in [6.07, 6.45) is 1.06. The minimum Gasteiger partial charge on any atom is -0.506 e. The maximum atomic E-state index is 11.8. The molecule has 0 aliphatic carbocycles. The Morgan fingerprint density at radius 3 is 2.04 bits per heavy atom. The summed E-state index contributed by atoms with van der Waals surface area (Å²) >= 11 is 5.84. The molecular weight excluding hydrogens is 761 g/mol. The third-order valence-corrected chi connectivity index (χ3v) is 8.10. The first-order valence-electron chi connectivity index (χ1n) is 14.4. The van der Waals surface area contributed by atoms with Crippen LogP contribution in [0.4, 0.5) is 28.4 Å². The zero-order valence-electron chi connectivity index (χ0n) is 28.0. The Labute approximate surface area is 336 Å². The molecule has 6 N–H and O–H groups in total. The van der Waals surface area contributed by atoms with E-state index in [-0.39, 0.29) is 87.1 Å². The molecule has 6 aromatic rings. The van der Waals surface area contributed by atoms with Gasteiger partial charge in [-0.25, -0.2) is 0 Å². The summed E-state index contributed by atoms with van der Waals surface area (Å²) in [6, 6.07) is 27.0. The molecule has 0 atom stereocenters. The van der Waals surface area contributed by atoms with E-state index in [1.54, 1.807) is 24.3 Å². The van der Waals surface area contributed by atoms with Crippen LogP contribution in [0.15, 0.2) is 141 Å². The van der Waals surface area contributed by atoms with Gasteiger partial charge in [-0.15, -0.1) is 20.5 Å². The Kier molecular flexibility index (Phi) is 14.5. The topological polar surface area (TPSA) is 214 Å². The van der Waals surface area contributed by atoms with Gasteiger partial charge in [-0.1, -0.05) is 66.7 Å². The zero-order chi connectivity index (χ0) is 36.0. The number of hydrogen-bond acceptors (Lipinski definition) is 11. The Hall–Kier alpha value is -4.82. The maximum Gasteiger partial charge on any atom is 1.00 e. The number of fused-ring (bicyclic) bond motifs is 2. The number of aromatic hydroxyl groups is 4. The predicted molar refractivity (Wildman–Crippen MR) is 191 cm³/mol. The zero-order valence-corrected chi connectivity index (χ0v) is 31.9. The SMILES string of the molecule is C=CC(=O)Nc1ccc2cc(S(=O)(=O)O)c(N=Nc3cc(Cl)ccc3O)c(O)c2c1.Oc1ccccc1N=Nc1c(O)ccc2ccccc12.[Cr].[H+].[Na+]. The van der Waals surface area contributed by atoms with Gasteiger partial charge in [-0.3, -0.25) is 9.35 Å². The minimum absolute atomic E-state index is 0. The number of carbonyl (C=O) groups is 1. The molecule has 0 aliphatic heterocycles. The van der Waals surface area contributed by atoms with Crippen LogP contribution >= 0.6 is 11.6 Å². The van der Waals surface area contributed by atoms with Crippen molar-refractivity contribution >= 4 is 77.6 Å². The molecule has 258 valence electrons. The summed E-state index contributed by atoms with van der Waals surface area (Å²) in [6.45, 7) is 3.34. The van der Waals surface area contributed by atoms with Crippen LogP contribution in [0.25, 0.3) is 21.5 Å². The van der Waals surface area contributed by atoms with Crippen molar-refractivity contribution in [2.24, 2.45) is 20.5 Å². The summed E-state index contributed by atoms with van der Waals surface area (Å²) in [5, 5.41) is 60.5. The predicted octanol–water partition coefficient (Wildman–Crippen LogP) is 6.47. The molecule has 0 saturated carbocycles. The maximum absolute atomic E-state index is 11.8. The van der Waals surface area contributed by atoms with Crippen LogP contribution in [0.5, 0.6) is 23.0 Å². The van der Waals surface area contributed by atoms with Crippen LogP contribution in [0.1, 0.15) is 1.43 Å². The number of phenolic OH excluding ortho intramolecular Hbond substituents is 4. The molecule has 6 rings (SSSR count). The van der Waals surface area contributed by atoms with Crippen LogP contribution in [-0.2, 0) is 32.3 Å². The van der Waals surface area contributed by atoms with Gasteiger partial charge in [0.15, 0.2) is 5.75 Å². The summed E-state index contributed by atoms with van der Waals surface area (Å²) in [5.74, 6) is -1.27. The summed E-state index contributed by atoms with van der Waals surface area (Å²) in [5.41, 5.74) is 0.413. The van der Waals surface area contributed by atoms with Crippen molar-refractivity contribution in [3.63, 3.8) is 0 Å². The van der Waals surface area contributed by atoms with Crippen LogP contribution in [0.2, 0.25) is 5.02 Å². The molecule has 6 aromatic carbocycles. The number of hydrogen-bond donors (Lipinski definition) is 6. The van der Waals surface area contributed by atoms with Gasteiger partial charge in [0.25, 0.3) is 10.1 Å². The molecule has 0 radical (unpaired) electrons. The van der Waals surface area contributed by atoms with E-state index in [1.165, 1.54) is 42.5 Å². The quantitative estimate of drug-likeness (QED) is 0.0455. The molecule has 0 bridgehead atoms. The van der Waals surface area contributed by atoms with Crippen LogP contribution < -0.4 is 34.9 Å². The first kappa shape index (κ1) is 41.6. The first-order chi connectivity index (χ1) is 23.8. The average Bonchev–Trinajstić information content (AvgIpc) is 3.09. The number of para-hydroxylation sites is 1. The second-order valence-corrected chi connectivity index (χ2v) is 12.2. The fourth-order valence-electron chi connectivity index (χ4n) is 4.59. The monoisotopic (exact) mass is 787 g/mol. The van der Waals surface area contributed by atoms with Gasteiger partial charge in [0.2, 0.25) is 5.91 Å². The summed E-state index contributed by atoms with van der Waals surface area (Å²) < 4.78 is 33.3. The first-order valence-corrected chi connectivity index (χ1v) is 16.2. The van der Waals surface area contributed by atoms with Crippen molar-refractivity contribution < 1.29 is 86.5 Å². The molecular formula is C35H27ClCrN5NaO8S+2. The van der Waals surface area contributed by atoms with Gasteiger partial charge in [0, 0.05) is 38.8 Å². The third kappa shape index (κ3) is 9.94. The Balaban J connectivity index is 0.000000370. The second kappa shape index (κ2) is 18.1. The van der Waals surface area contributed by atoms with Crippen LogP contribution in [0, 0.1) is 0 Å². The number of nitrogens with one attached hydrogen (secondary N) is 1. The number of amides is 1. The number of carbonyl (C=O) groups excluding carboxylic acids is 1. The second-order valence-electron chi connectivity index (χ2n) is 10.4. The van der Waals surface area contributed by atoms with E-state index in [4.69, 9.17) is 11.6 Å². The minimum atomic E-state index is -4.79.